The number of hydrogen-bond donors (Lipinski definition) is 0. The first-order valence-electron chi connectivity index (χ1n) is 25.1. The van der Waals surface area contributed by atoms with Gasteiger partial charge in [-0.2, -0.15) is 0 Å². The largest absolute Gasteiger partial charge is 0.228 e. The lowest BCUT2D eigenvalue weighted by molar-refractivity contribution is 0.538. The Morgan fingerprint density at radius 3 is 1.63 bits per heavy atom. The first-order chi connectivity index (χ1) is 34.9. The third kappa shape index (κ3) is 7.08. The second kappa shape index (κ2) is 17.2. The van der Waals surface area contributed by atoms with Crippen LogP contribution in [0.2, 0.25) is 0 Å². The first kappa shape index (κ1) is 42.6. The lowest BCUT2D eigenvalue weighted by Gasteiger charge is -2.48. The van der Waals surface area contributed by atoms with Crippen LogP contribution in [0.25, 0.3) is 78.4 Å². The number of aromatic nitrogens is 2. The molecule has 1 atom stereocenters. The first-order valence-corrected chi connectivity index (χ1v) is 25.1. The standard InChI is InChI=1S/C69H52N2/c1-68(2)59-28-13-6-14-30-61(59)69(62-31-16-15-29-60(62)68)58-42-41-55(50-39-35-48(36-40-50)47-33-37-49(38-34-47)54-26-17-25-53(43-54)46-19-7-3-8-20-46)44-57(58)66-56(27-18-32-63(66)69)65-45-64(51-21-9-4-10-22-51)70-67(71-65)52-23-11-5-12-24-52/h3-29,31-40,43-45H,30,41-42H2,1-2H3. The van der Waals surface area contributed by atoms with Crippen LogP contribution in [0, 0.1) is 0 Å². The summed E-state index contributed by atoms with van der Waals surface area (Å²) in [7, 11) is 0. The van der Waals surface area contributed by atoms with Crippen LogP contribution in [-0.4, -0.2) is 9.97 Å². The Balaban J connectivity index is 0.960. The van der Waals surface area contributed by atoms with Crippen LogP contribution in [0.1, 0.15) is 60.9 Å². The molecular weight excluding hydrogens is 857 g/mol. The minimum Gasteiger partial charge on any atom is -0.228 e. The summed E-state index contributed by atoms with van der Waals surface area (Å²) in [5.74, 6) is 0.724. The molecule has 4 aliphatic rings. The van der Waals surface area contributed by atoms with Crippen molar-refractivity contribution < 1.29 is 0 Å². The van der Waals surface area contributed by atoms with Crippen LogP contribution in [0.15, 0.2) is 259 Å². The van der Waals surface area contributed by atoms with Crippen LogP contribution in [0.3, 0.4) is 0 Å². The highest BCUT2D eigenvalue weighted by Gasteiger charge is 2.55. The molecule has 0 aliphatic heterocycles. The van der Waals surface area contributed by atoms with E-state index in [0.717, 1.165) is 53.2 Å². The molecule has 338 valence electrons. The van der Waals surface area contributed by atoms with Gasteiger partial charge in [0, 0.05) is 22.1 Å². The Morgan fingerprint density at radius 1 is 0.408 bits per heavy atom. The molecule has 0 fully saturated rings. The Hall–Kier alpha value is -8.46. The van der Waals surface area contributed by atoms with Crippen molar-refractivity contribution in [1.82, 2.24) is 9.97 Å². The molecule has 0 N–H and O–H groups in total. The molecule has 4 aliphatic carbocycles. The van der Waals surface area contributed by atoms with Crippen LogP contribution in [0.4, 0.5) is 0 Å². The van der Waals surface area contributed by atoms with E-state index in [4.69, 9.17) is 9.97 Å². The average Bonchev–Trinajstić information content (AvgIpc) is 3.55. The van der Waals surface area contributed by atoms with Gasteiger partial charge in [-0.15, -0.1) is 0 Å². The second-order valence-electron chi connectivity index (χ2n) is 19.9. The SMILES string of the molecule is CC1(C)C2=C(CC=CC=C2)C2(C3=C(C=C(c4ccc(-c5ccc(-c6cccc(-c7ccccc7)c6)cc5)cc4)CC3)c3c(-c4cc(-c5ccccc5)nc(-c5ccccc5)n4)cccc32)c2ccccc21. The number of nitrogens with zero attached hydrogens (tertiary/aromatic N) is 2. The average molecular weight is 909 g/mol. The van der Waals surface area contributed by atoms with E-state index in [1.807, 2.05) is 0 Å². The van der Waals surface area contributed by atoms with E-state index in [-0.39, 0.29) is 5.41 Å². The highest BCUT2D eigenvalue weighted by atomic mass is 14.9. The van der Waals surface area contributed by atoms with Gasteiger partial charge in [-0.25, -0.2) is 9.97 Å². The number of benzene rings is 8. The normalized spacial score (nSPS) is 17.3. The Kier molecular flexibility index (Phi) is 10.3. The summed E-state index contributed by atoms with van der Waals surface area (Å²) in [4.78, 5) is 10.7. The maximum Gasteiger partial charge on any atom is 0.160 e. The summed E-state index contributed by atoms with van der Waals surface area (Å²) >= 11 is 0. The smallest absolute Gasteiger partial charge is 0.160 e. The van der Waals surface area contributed by atoms with Crippen LogP contribution in [0.5, 0.6) is 0 Å². The van der Waals surface area contributed by atoms with Crippen molar-refractivity contribution in [2.75, 3.05) is 0 Å². The fraction of sp³-hybridized carbons (Fsp3) is 0.101. The molecule has 9 aromatic rings. The van der Waals surface area contributed by atoms with Gasteiger partial charge in [-0.3, -0.25) is 0 Å². The van der Waals surface area contributed by atoms with Gasteiger partial charge in [0.25, 0.3) is 0 Å². The van der Waals surface area contributed by atoms with Gasteiger partial charge < -0.3 is 0 Å². The quantitative estimate of drug-likeness (QED) is 0.159. The van der Waals surface area contributed by atoms with E-state index in [2.05, 4.69) is 257 Å². The molecule has 1 unspecified atom stereocenters. The maximum absolute atomic E-state index is 5.48. The zero-order valence-corrected chi connectivity index (χ0v) is 40.1. The van der Waals surface area contributed by atoms with Crippen LogP contribution in [-0.2, 0) is 10.8 Å². The van der Waals surface area contributed by atoms with Crippen molar-refractivity contribution in [3.8, 4) is 67.3 Å². The topological polar surface area (TPSA) is 25.8 Å². The number of rotatable bonds is 7. The number of hydrogen-bond acceptors (Lipinski definition) is 2. The molecule has 0 saturated carbocycles. The van der Waals surface area contributed by atoms with Gasteiger partial charge >= 0.3 is 0 Å². The monoisotopic (exact) mass is 908 g/mol. The molecule has 0 saturated heterocycles. The van der Waals surface area contributed by atoms with Crippen LogP contribution >= 0.6 is 0 Å². The Bertz CT molecular complexity index is 3640. The van der Waals surface area contributed by atoms with Crippen molar-refractivity contribution in [3.05, 3.63) is 287 Å². The molecule has 0 bridgehead atoms. The summed E-state index contributed by atoms with van der Waals surface area (Å²) < 4.78 is 0. The van der Waals surface area contributed by atoms with Gasteiger partial charge in [0.2, 0.25) is 0 Å². The fourth-order valence-corrected chi connectivity index (χ4v) is 12.3. The van der Waals surface area contributed by atoms with E-state index in [1.54, 1.807) is 0 Å². The zero-order valence-electron chi connectivity index (χ0n) is 40.1. The molecule has 8 aromatic carbocycles. The molecule has 2 heteroatoms. The van der Waals surface area contributed by atoms with Crippen molar-refractivity contribution in [2.24, 2.45) is 0 Å². The van der Waals surface area contributed by atoms with Crippen molar-refractivity contribution >= 4 is 11.1 Å². The van der Waals surface area contributed by atoms with Crippen molar-refractivity contribution in [2.45, 2.75) is 43.9 Å². The zero-order chi connectivity index (χ0) is 47.5. The van der Waals surface area contributed by atoms with Gasteiger partial charge in [0.1, 0.15) is 0 Å². The van der Waals surface area contributed by atoms with Gasteiger partial charge in [0.15, 0.2) is 5.82 Å². The van der Waals surface area contributed by atoms with Crippen molar-refractivity contribution in [1.29, 1.82) is 0 Å². The third-order valence-corrected chi connectivity index (χ3v) is 15.6. The third-order valence-electron chi connectivity index (χ3n) is 15.6. The fourth-order valence-electron chi connectivity index (χ4n) is 12.3. The van der Waals surface area contributed by atoms with Gasteiger partial charge in [-0.1, -0.05) is 244 Å². The lowest BCUT2D eigenvalue weighted by atomic mass is 9.54. The Labute approximate surface area is 417 Å². The Morgan fingerprint density at radius 2 is 0.944 bits per heavy atom. The molecule has 0 amide bonds. The maximum atomic E-state index is 5.48. The predicted molar refractivity (Wildman–Crippen MR) is 295 cm³/mol. The summed E-state index contributed by atoms with van der Waals surface area (Å²) in [6, 6.07) is 77.3. The van der Waals surface area contributed by atoms with Gasteiger partial charge in [0.05, 0.1) is 16.8 Å². The molecule has 1 heterocycles. The number of allylic oxidation sites excluding steroid dienone is 10. The summed E-state index contributed by atoms with van der Waals surface area (Å²) in [6.07, 6.45) is 14.6. The van der Waals surface area contributed by atoms with E-state index in [9.17, 15) is 0 Å². The minimum absolute atomic E-state index is 0.173. The molecule has 1 spiro atoms. The van der Waals surface area contributed by atoms with E-state index in [1.165, 1.54) is 89.1 Å². The van der Waals surface area contributed by atoms with Gasteiger partial charge in [-0.05, 0) is 120 Å². The summed E-state index contributed by atoms with van der Waals surface area (Å²) in [5.41, 5.74) is 25.5. The molecule has 0 radical (unpaired) electrons. The van der Waals surface area contributed by atoms with Crippen molar-refractivity contribution in [3.63, 3.8) is 0 Å². The predicted octanol–water partition coefficient (Wildman–Crippen LogP) is 17.5. The van der Waals surface area contributed by atoms with Crippen LogP contribution < -0.4 is 0 Å². The number of fused-ring (bicyclic) bond motifs is 7. The molecule has 13 rings (SSSR count). The van der Waals surface area contributed by atoms with E-state index in [0.29, 0.717) is 0 Å². The highest BCUT2D eigenvalue weighted by molar-refractivity contribution is 6.01. The van der Waals surface area contributed by atoms with E-state index < -0.39 is 5.41 Å². The lowest BCUT2D eigenvalue weighted by Crippen LogP contribution is -2.41. The summed E-state index contributed by atoms with van der Waals surface area (Å²) in [6.45, 7) is 4.84. The molecular formula is C69H52N2. The summed E-state index contributed by atoms with van der Waals surface area (Å²) in [5, 5.41) is 0. The highest BCUT2D eigenvalue weighted by Crippen LogP contribution is 2.65. The second-order valence-corrected chi connectivity index (χ2v) is 19.9. The molecule has 71 heavy (non-hydrogen) atoms. The molecule has 1 aromatic heterocycles. The minimum atomic E-state index is -0.445. The molecule has 2 nitrogen and oxygen atoms in total. The van der Waals surface area contributed by atoms with E-state index >= 15 is 0 Å².